The van der Waals surface area contributed by atoms with E-state index in [9.17, 15) is 9.46 Å². The van der Waals surface area contributed by atoms with E-state index in [4.69, 9.17) is 5.73 Å². The molecule has 1 atom stereocenters. The van der Waals surface area contributed by atoms with Gasteiger partial charge in [0, 0.05) is 5.30 Å². The van der Waals surface area contributed by atoms with E-state index in [1.165, 1.54) is 0 Å². The molecule has 0 aliphatic carbocycles. The smallest absolute Gasteiger partial charge is 0.248 e. The quantitative estimate of drug-likeness (QED) is 0.705. The highest BCUT2D eigenvalue weighted by atomic mass is 31.2. The van der Waals surface area contributed by atoms with Crippen LogP contribution >= 0.6 is 7.37 Å². The van der Waals surface area contributed by atoms with Gasteiger partial charge >= 0.3 is 0 Å². The summed E-state index contributed by atoms with van der Waals surface area (Å²) in [4.78, 5) is 9.75. The summed E-state index contributed by atoms with van der Waals surface area (Å²) in [5, 5.41) is -0.684. The van der Waals surface area contributed by atoms with E-state index < -0.39 is 12.6 Å². The second-order valence-corrected chi connectivity index (χ2v) is 6.39. The van der Waals surface area contributed by atoms with Crippen molar-refractivity contribution in [3.05, 3.63) is 30.3 Å². The van der Waals surface area contributed by atoms with Crippen molar-refractivity contribution in [1.29, 1.82) is 0 Å². The largest absolute Gasteiger partial charge is 0.340 e. The zero-order chi connectivity index (χ0) is 10.1. The number of benzene rings is 1. The molecule has 0 bridgehead atoms. The van der Waals surface area contributed by atoms with Crippen molar-refractivity contribution in [2.24, 2.45) is 5.73 Å². The van der Waals surface area contributed by atoms with E-state index in [0.29, 0.717) is 5.30 Å². The molecule has 0 amide bonds. The molecular weight excluding hydrogens is 185 g/mol. The van der Waals surface area contributed by atoms with Gasteiger partial charge in [-0.05, 0) is 26.0 Å². The van der Waals surface area contributed by atoms with Crippen LogP contribution in [0.3, 0.4) is 0 Å². The van der Waals surface area contributed by atoms with Crippen LogP contribution in [-0.2, 0) is 4.57 Å². The molecule has 0 heterocycles. The van der Waals surface area contributed by atoms with Crippen LogP contribution in [-0.4, -0.2) is 10.2 Å². The van der Waals surface area contributed by atoms with E-state index in [1.807, 2.05) is 0 Å². The van der Waals surface area contributed by atoms with Crippen LogP contribution < -0.4 is 11.0 Å². The summed E-state index contributed by atoms with van der Waals surface area (Å²) in [7, 11) is -3.45. The Bertz CT molecular complexity index is 329. The molecule has 0 aliphatic heterocycles. The average molecular weight is 199 g/mol. The molecular formula is C9H14NO2P. The molecule has 0 fully saturated rings. The summed E-state index contributed by atoms with van der Waals surface area (Å²) < 4.78 is 11.9. The normalized spacial score (nSPS) is 16.6. The van der Waals surface area contributed by atoms with Crippen LogP contribution in [0.25, 0.3) is 0 Å². The summed E-state index contributed by atoms with van der Waals surface area (Å²) in [5.41, 5.74) is 5.63. The van der Waals surface area contributed by atoms with Crippen LogP contribution in [0.1, 0.15) is 13.8 Å². The second-order valence-electron chi connectivity index (χ2n) is 3.57. The van der Waals surface area contributed by atoms with E-state index in [0.717, 1.165) is 0 Å². The maximum absolute atomic E-state index is 11.9. The summed E-state index contributed by atoms with van der Waals surface area (Å²) >= 11 is 0. The Balaban J connectivity index is 3.17. The van der Waals surface area contributed by atoms with Gasteiger partial charge in [-0.15, -0.1) is 0 Å². The Kier molecular flexibility index (Phi) is 2.62. The summed E-state index contributed by atoms with van der Waals surface area (Å²) in [6, 6.07) is 8.49. The van der Waals surface area contributed by atoms with E-state index in [-0.39, 0.29) is 0 Å². The van der Waals surface area contributed by atoms with Crippen molar-refractivity contribution in [2.45, 2.75) is 19.1 Å². The maximum atomic E-state index is 11.9. The highest BCUT2D eigenvalue weighted by Crippen LogP contribution is 2.49. The van der Waals surface area contributed by atoms with Gasteiger partial charge in [-0.2, -0.15) is 0 Å². The first kappa shape index (κ1) is 10.5. The standard InChI is InChI=1S/C9H14NO2P/c1-9(2,10)13(11,12)8-6-4-3-5-7-8/h3-7H,10H2,1-2H3,(H,11,12). The number of rotatable bonds is 2. The minimum Gasteiger partial charge on any atom is -0.340 e. The van der Waals surface area contributed by atoms with E-state index in [1.54, 1.807) is 44.2 Å². The molecule has 1 aromatic carbocycles. The third-order valence-corrected chi connectivity index (χ3v) is 4.45. The molecule has 1 rings (SSSR count). The van der Waals surface area contributed by atoms with Gasteiger partial charge in [0.2, 0.25) is 7.37 Å². The van der Waals surface area contributed by atoms with Crippen molar-refractivity contribution in [3.8, 4) is 0 Å². The van der Waals surface area contributed by atoms with Crippen molar-refractivity contribution in [3.63, 3.8) is 0 Å². The third-order valence-electron chi connectivity index (χ3n) is 1.89. The molecule has 0 saturated heterocycles. The number of hydrogen-bond acceptors (Lipinski definition) is 2. The lowest BCUT2D eigenvalue weighted by atomic mass is 10.4. The molecule has 0 aromatic heterocycles. The van der Waals surface area contributed by atoms with Gasteiger partial charge in [-0.1, -0.05) is 18.2 Å². The predicted octanol–water partition coefficient (Wildman–Crippen LogP) is 1.28. The second kappa shape index (κ2) is 3.26. The molecule has 1 aromatic rings. The Morgan fingerprint density at radius 2 is 1.77 bits per heavy atom. The van der Waals surface area contributed by atoms with E-state index in [2.05, 4.69) is 0 Å². The first-order valence-corrected chi connectivity index (χ1v) is 5.69. The first-order chi connectivity index (χ1) is 5.86. The highest BCUT2D eigenvalue weighted by molar-refractivity contribution is 7.67. The predicted molar refractivity (Wildman–Crippen MR) is 54.2 cm³/mol. The molecule has 1 unspecified atom stereocenters. The monoisotopic (exact) mass is 199 g/mol. The Morgan fingerprint density at radius 1 is 1.31 bits per heavy atom. The molecule has 0 aliphatic rings. The zero-order valence-corrected chi connectivity index (χ0v) is 8.66. The van der Waals surface area contributed by atoms with Crippen LogP contribution in [0.2, 0.25) is 0 Å². The topological polar surface area (TPSA) is 63.3 Å². The van der Waals surface area contributed by atoms with Crippen molar-refractivity contribution in [1.82, 2.24) is 0 Å². The van der Waals surface area contributed by atoms with Gasteiger partial charge < -0.3 is 10.6 Å². The molecule has 4 heteroatoms. The lowest BCUT2D eigenvalue weighted by Crippen LogP contribution is -2.35. The van der Waals surface area contributed by atoms with Crippen LogP contribution in [0.15, 0.2) is 30.3 Å². The third kappa shape index (κ3) is 1.99. The van der Waals surface area contributed by atoms with Crippen molar-refractivity contribution >= 4 is 12.7 Å². The lowest BCUT2D eigenvalue weighted by molar-refractivity contribution is 0.452. The maximum Gasteiger partial charge on any atom is 0.248 e. The fraction of sp³-hybridized carbons (Fsp3) is 0.333. The van der Waals surface area contributed by atoms with Gasteiger partial charge in [0.15, 0.2) is 0 Å². The van der Waals surface area contributed by atoms with Crippen LogP contribution in [0, 0.1) is 0 Å². The molecule has 13 heavy (non-hydrogen) atoms. The highest BCUT2D eigenvalue weighted by Gasteiger charge is 2.36. The minimum atomic E-state index is -3.45. The van der Waals surface area contributed by atoms with Gasteiger partial charge in [0.1, 0.15) is 0 Å². The van der Waals surface area contributed by atoms with Gasteiger partial charge in [-0.3, -0.25) is 4.57 Å². The summed E-state index contributed by atoms with van der Waals surface area (Å²) in [6.07, 6.45) is 0. The molecule has 3 N–H and O–H groups in total. The van der Waals surface area contributed by atoms with E-state index >= 15 is 0 Å². The minimum absolute atomic E-state index is 0.405. The lowest BCUT2D eigenvalue weighted by Gasteiger charge is -2.25. The van der Waals surface area contributed by atoms with Gasteiger partial charge in [0.25, 0.3) is 0 Å². The SMILES string of the molecule is CC(C)(N)P(=O)(O)c1ccccc1. The zero-order valence-electron chi connectivity index (χ0n) is 7.77. The molecule has 0 radical (unpaired) electrons. The molecule has 0 saturated carbocycles. The number of nitrogens with two attached hydrogens (primary N) is 1. The van der Waals surface area contributed by atoms with Crippen LogP contribution in [0.5, 0.6) is 0 Å². The van der Waals surface area contributed by atoms with Gasteiger partial charge in [-0.25, -0.2) is 0 Å². The summed E-state index contributed by atoms with van der Waals surface area (Å²) in [5.74, 6) is 0. The van der Waals surface area contributed by atoms with Gasteiger partial charge in [0.05, 0.1) is 5.28 Å². The van der Waals surface area contributed by atoms with Crippen molar-refractivity contribution in [2.75, 3.05) is 0 Å². The number of hydrogen-bond donors (Lipinski definition) is 2. The fourth-order valence-electron chi connectivity index (χ4n) is 0.963. The Hall–Kier alpha value is -0.630. The van der Waals surface area contributed by atoms with Crippen LogP contribution in [0.4, 0.5) is 0 Å². The summed E-state index contributed by atoms with van der Waals surface area (Å²) in [6.45, 7) is 3.11. The Labute approximate surface area is 78.0 Å². The molecule has 0 spiro atoms. The molecule has 72 valence electrons. The molecule has 3 nitrogen and oxygen atoms in total. The first-order valence-electron chi connectivity index (χ1n) is 4.03. The fourth-order valence-corrected chi connectivity index (χ4v) is 2.20. The van der Waals surface area contributed by atoms with Crippen molar-refractivity contribution < 1.29 is 9.46 Å². The average Bonchev–Trinajstić information content (AvgIpc) is 2.04. The Morgan fingerprint density at radius 3 is 2.15 bits per heavy atom.